The van der Waals surface area contributed by atoms with Gasteiger partial charge in [-0.15, -0.1) is 0 Å². The molecule has 24 heavy (non-hydrogen) atoms. The largest absolute Gasteiger partial charge is 0.367 e. The van der Waals surface area contributed by atoms with E-state index in [4.69, 9.17) is 10.7 Å². The van der Waals surface area contributed by atoms with Crippen LogP contribution < -0.4 is 11.1 Å². The summed E-state index contributed by atoms with van der Waals surface area (Å²) in [6.45, 7) is 6.78. The molecule has 2 aromatic heterocycles. The molecule has 0 radical (unpaired) electrons. The molecular formula is C19H29N5. The van der Waals surface area contributed by atoms with Gasteiger partial charge in [-0.3, -0.25) is 0 Å². The minimum absolute atomic E-state index is 0.110. The van der Waals surface area contributed by atoms with Crippen LogP contribution in [-0.2, 0) is 5.41 Å². The van der Waals surface area contributed by atoms with E-state index in [0.717, 1.165) is 42.2 Å². The van der Waals surface area contributed by atoms with Crippen LogP contribution in [0, 0.1) is 12.8 Å². The van der Waals surface area contributed by atoms with Crippen LogP contribution in [0.1, 0.15) is 63.6 Å². The Morgan fingerprint density at radius 2 is 2.04 bits per heavy atom. The Hall–Kier alpha value is -1.62. The third-order valence-electron chi connectivity index (χ3n) is 6.26. The number of hydrogen-bond donors (Lipinski definition) is 2. The molecule has 0 spiro atoms. The predicted octanol–water partition coefficient (Wildman–Crippen LogP) is 3.41. The lowest BCUT2D eigenvalue weighted by Crippen LogP contribution is -2.35. The SMILES string of the molecule is Cc1cnn2c(N[C@H]3CC[C@H](N)C3)cc(C(C)(C)C3CCC3)nc12. The van der Waals surface area contributed by atoms with Gasteiger partial charge < -0.3 is 11.1 Å². The highest BCUT2D eigenvalue weighted by molar-refractivity contribution is 5.55. The van der Waals surface area contributed by atoms with Gasteiger partial charge in [0.2, 0.25) is 0 Å². The molecule has 2 saturated carbocycles. The molecule has 0 aromatic carbocycles. The second-order valence-electron chi connectivity index (χ2n) is 8.35. The molecule has 2 aliphatic carbocycles. The average Bonchev–Trinajstić information content (AvgIpc) is 3.03. The molecule has 0 unspecified atom stereocenters. The zero-order chi connectivity index (χ0) is 16.9. The maximum atomic E-state index is 6.09. The van der Waals surface area contributed by atoms with Crippen LogP contribution in [0.4, 0.5) is 5.82 Å². The van der Waals surface area contributed by atoms with Crippen LogP contribution in [0.2, 0.25) is 0 Å². The van der Waals surface area contributed by atoms with Crippen LogP contribution >= 0.6 is 0 Å². The number of fused-ring (bicyclic) bond motifs is 1. The molecule has 0 aliphatic heterocycles. The quantitative estimate of drug-likeness (QED) is 0.903. The van der Waals surface area contributed by atoms with Gasteiger partial charge in [-0.1, -0.05) is 20.3 Å². The number of nitrogens with zero attached hydrogens (tertiary/aromatic N) is 3. The van der Waals surface area contributed by atoms with Gasteiger partial charge in [0, 0.05) is 29.1 Å². The fraction of sp³-hybridized carbons (Fsp3) is 0.684. The monoisotopic (exact) mass is 327 g/mol. The summed E-state index contributed by atoms with van der Waals surface area (Å²) in [5.74, 6) is 1.80. The van der Waals surface area contributed by atoms with Crippen molar-refractivity contribution in [1.29, 1.82) is 0 Å². The summed E-state index contributed by atoms with van der Waals surface area (Å²) in [7, 11) is 0. The summed E-state index contributed by atoms with van der Waals surface area (Å²) >= 11 is 0. The van der Waals surface area contributed by atoms with Gasteiger partial charge in [-0.25, -0.2) is 4.98 Å². The van der Waals surface area contributed by atoms with Crippen LogP contribution in [0.3, 0.4) is 0 Å². The summed E-state index contributed by atoms with van der Waals surface area (Å²) in [5.41, 5.74) is 9.49. The van der Waals surface area contributed by atoms with Crippen LogP contribution in [0.25, 0.3) is 5.65 Å². The fourth-order valence-corrected chi connectivity index (χ4v) is 4.20. The third kappa shape index (κ3) is 2.59. The first-order chi connectivity index (χ1) is 11.4. The Labute approximate surface area is 144 Å². The Kier molecular flexibility index (Phi) is 3.79. The zero-order valence-corrected chi connectivity index (χ0v) is 15.0. The lowest BCUT2D eigenvalue weighted by Gasteiger charge is -2.40. The summed E-state index contributed by atoms with van der Waals surface area (Å²) in [6.07, 6.45) is 9.17. The number of anilines is 1. The number of nitrogens with one attached hydrogen (secondary N) is 1. The fourth-order valence-electron chi connectivity index (χ4n) is 4.20. The van der Waals surface area contributed by atoms with Crippen LogP contribution in [0.5, 0.6) is 0 Å². The van der Waals surface area contributed by atoms with Crippen molar-refractivity contribution in [2.75, 3.05) is 5.32 Å². The molecule has 5 heteroatoms. The van der Waals surface area contributed by atoms with E-state index in [1.165, 1.54) is 25.0 Å². The molecular weight excluding hydrogens is 298 g/mol. The van der Waals surface area contributed by atoms with E-state index in [1.54, 1.807) is 0 Å². The molecule has 3 N–H and O–H groups in total. The molecule has 0 saturated heterocycles. The van der Waals surface area contributed by atoms with Crippen molar-refractivity contribution >= 4 is 11.5 Å². The summed E-state index contributed by atoms with van der Waals surface area (Å²) in [6, 6.07) is 2.99. The Bertz CT molecular complexity index is 744. The van der Waals surface area contributed by atoms with Gasteiger partial charge in [0.05, 0.1) is 11.9 Å². The second kappa shape index (κ2) is 5.73. The molecule has 130 valence electrons. The lowest BCUT2D eigenvalue weighted by molar-refractivity contribution is 0.190. The second-order valence-corrected chi connectivity index (χ2v) is 8.35. The number of aryl methyl sites for hydroxylation is 1. The summed E-state index contributed by atoms with van der Waals surface area (Å²) in [4.78, 5) is 5.00. The van der Waals surface area contributed by atoms with Crippen molar-refractivity contribution in [1.82, 2.24) is 14.6 Å². The topological polar surface area (TPSA) is 68.2 Å². The highest BCUT2D eigenvalue weighted by atomic mass is 15.3. The molecule has 2 atom stereocenters. The molecule has 2 fully saturated rings. The predicted molar refractivity (Wildman–Crippen MR) is 97.3 cm³/mol. The highest BCUT2D eigenvalue weighted by Crippen LogP contribution is 2.43. The smallest absolute Gasteiger partial charge is 0.160 e. The maximum Gasteiger partial charge on any atom is 0.160 e. The maximum absolute atomic E-state index is 6.09. The van der Waals surface area contributed by atoms with E-state index in [9.17, 15) is 0 Å². The molecule has 0 amide bonds. The summed E-state index contributed by atoms with van der Waals surface area (Å²) < 4.78 is 1.96. The Balaban J connectivity index is 1.74. The first kappa shape index (κ1) is 15.9. The third-order valence-corrected chi connectivity index (χ3v) is 6.26. The standard InChI is InChI=1S/C19H29N5/c1-12-11-21-24-17(22-15-8-7-14(20)9-15)10-16(23-18(12)24)19(2,3)13-5-4-6-13/h10-11,13-15,22H,4-9,20H2,1-3H3/t14-,15-/m0/s1. The van der Waals surface area contributed by atoms with E-state index >= 15 is 0 Å². The molecule has 4 rings (SSSR count). The van der Waals surface area contributed by atoms with E-state index in [-0.39, 0.29) is 5.41 Å². The van der Waals surface area contributed by atoms with Crippen LogP contribution in [-0.4, -0.2) is 26.7 Å². The zero-order valence-electron chi connectivity index (χ0n) is 15.0. The van der Waals surface area contributed by atoms with Crippen molar-refractivity contribution in [3.8, 4) is 0 Å². The highest BCUT2D eigenvalue weighted by Gasteiger charge is 2.37. The number of nitrogens with two attached hydrogens (primary N) is 1. The van der Waals surface area contributed by atoms with Crippen molar-refractivity contribution < 1.29 is 0 Å². The molecule has 2 heterocycles. The minimum Gasteiger partial charge on any atom is -0.367 e. The normalized spacial score (nSPS) is 25.2. The van der Waals surface area contributed by atoms with Crippen molar-refractivity contribution in [3.63, 3.8) is 0 Å². The molecule has 5 nitrogen and oxygen atoms in total. The van der Waals surface area contributed by atoms with E-state index < -0.39 is 0 Å². The Morgan fingerprint density at radius 1 is 1.25 bits per heavy atom. The van der Waals surface area contributed by atoms with Gasteiger partial charge in [0.1, 0.15) is 5.82 Å². The van der Waals surface area contributed by atoms with E-state index in [1.807, 2.05) is 10.7 Å². The van der Waals surface area contributed by atoms with Gasteiger partial charge in [-0.2, -0.15) is 9.61 Å². The first-order valence-electron chi connectivity index (χ1n) is 9.33. The van der Waals surface area contributed by atoms with Gasteiger partial charge in [-0.05, 0) is 44.9 Å². The number of rotatable bonds is 4. The van der Waals surface area contributed by atoms with Gasteiger partial charge in [0.25, 0.3) is 0 Å². The minimum atomic E-state index is 0.110. The van der Waals surface area contributed by atoms with E-state index in [2.05, 4.69) is 37.3 Å². The molecule has 2 aromatic rings. The number of hydrogen-bond acceptors (Lipinski definition) is 4. The summed E-state index contributed by atoms with van der Waals surface area (Å²) in [5, 5.41) is 8.24. The molecule has 0 bridgehead atoms. The Morgan fingerprint density at radius 3 is 2.67 bits per heavy atom. The van der Waals surface area contributed by atoms with Gasteiger partial charge >= 0.3 is 0 Å². The van der Waals surface area contributed by atoms with Crippen LogP contribution in [0.15, 0.2) is 12.3 Å². The molecule has 2 aliphatic rings. The number of aromatic nitrogens is 3. The van der Waals surface area contributed by atoms with Crippen molar-refractivity contribution in [2.45, 2.75) is 76.8 Å². The van der Waals surface area contributed by atoms with E-state index in [0.29, 0.717) is 12.1 Å². The lowest BCUT2D eigenvalue weighted by atomic mass is 9.66. The van der Waals surface area contributed by atoms with Gasteiger partial charge in [0.15, 0.2) is 5.65 Å². The average molecular weight is 327 g/mol. The van der Waals surface area contributed by atoms with Crippen molar-refractivity contribution in [3.05, 3.63) is 23.5 Å². The first-order valence-corrected chi connectivity index (χ1v) is 9.33. The van der Waals surface area contributed by atoms with Crippen molar-refractivity contribution in [2.24, 2.45) is 11.7 Å².